The highest BCUT2D eigenvalue weighted by atomic mass is 19.1. The molecule has 48 heavy (non-hydrogen) atoms. The van der Waals surface area contributed by atoms with Crippen LogP contribution in [0.25, 0.3) is 28.5 Å². The summed E-state index contributed by atoms with van der Waals surface area (Å²) in [5.74, 6) is -1.43. The Kier molecular flexibility index (Phi) is 10.4. The number of pyridine rings is 1. The number of halogens is 1. The van der Waals surface area contributed by atoms with Gasteiger partial charge in [0.05, 0.1) is 30.0 Å². The molecule has 9 heteroatoms. The zero-order valence-electron chi connectivity index (χ0n) is 29.3. The van der Waals surface area contributed by atoms with Crippen LogP contribution in [0, 0.1) is 5.82 Å². The predicted octanol–water partition coefficient (Wildman–Crippen LogP) is 8.57. The van der Waals surface area contributed by atoms with Crippen LogP contribution < -0.4 is 10.6 Å². The van der Waals surface area contributed by atoms with Crippen molar-refractivity contribution in [1.29, 1.82) is 0 Å². The van der Waals surface area contributed by atoms with Crippen molar-refractivity contribution < 1.29 is 28.2 Å². The normalized spacial score (nSPS) is 19.0. The minimum Gasteiger partial charge on any atom is -0.460 e. The average Bonchev–Trinajstić information content (AvgIpc) is 3.16. The number of nitrogens with zero attached hydrogens (tertiary/aromatic N) is 1. The molecule has 2 N–H and O–H groups in total. The Labute approximate surface area is 283 Å². The first-order valence-electron chi connectivity index (χ1n) is 16.8. The molecule has 1 aromatic heterocycles. The number of hydrogen-bond acceptors (Lipinski definition) is 6. The lowest BCUT2D eigenvalue weighted by molar-refractivity contribution is -0.290. The second-order valence-corrected chi connectivity index (χ2v) is 14.4. The fraction of sp³-hybridized carbons (Fsp3) is 0.462. The summed E-state index contributed by atoms with van der Waals surface area (Å²) in [6, 6.07) is 12.4. The number of aromatic nitrogens is 1. The Bertz CT molecular complexity index is 1690. The average molecular weight is 658 g/mol. The number of hydrogen-bond donors (Lipinski definition) is 2. The third-order valence-electron chi connectivity index (χ3n) is 8.44. The largest absolute Gasteiger partial charge is 0.460 e. The summed E-state index contributed by atoms with van der Waals surface area (Å²) < 4.78 is 32.3. The predicted molar refractivity (Wildman–Crippen MR) is 187 cm³/mol. The molecular formula is C39H48FN3O5. The maximum absolute atomic E-state index is 14.2. The lowest BCUT2D eigenvalue weighted by atomic mass is 9.86. The highest BCUT2D eigenvalue weighted by Gasteiger charge is 2.36. The van der Waals surface area contributed by atoms with E-state index in [0.29, 0.717) is 6.42 Å². The van der Waals surface area contributed by atoms with Gasteiger partial charge in [-0.3, -0.25) is 9.78 Å². The van der Waals surface area contributed by atoms with Crippen LogP contribution in [0.5, 0.6) is 0 Å². The molecule has 2 amide bonds. The highest BCUT2D eigenvalue weighted by molar-refractivity contribution is 5.90. The van der Waals surface area contributed by atoms with E-state index < -0.39 is 11.4 Å². The van der Waals surface area contributed by atoms with Crippen molar-refractivity contribution in [3.8, 4) is 22.4 Å². The first kappa shape index (κ1) is 35.2. The Balaban J connectivity index is 1.59. The van der Waals surface area contributed by atoms with Crippen LogP contribution in [0.2, 0.25) is 0 Å². The second-order valence-electron chi connectivity index (χ2n) is 14.4. The first-order valence-corrected chi connectivity index (χ1v) is 16.8. The fourth-order valence-corrected chi connectivity index (χ4v) is 6.60. The Morgan fingerprint density at radius 2 is 1.83 bits per heavy atom. The molecule has 2 atom stereocenters. The van der Waals surface area contributed by atoms with Crippen LogP contribution in [-0.4, -0.2) is 47.6 Å². The number of benzene rings is 2. The summed E-state index contributed by atoms with van der Waals surface area (Å²) in [7, 11) is 1.59. The maximum Gasteiger partial charge on any atom is 0.318 e. The van der Waals surface area contributed by atoms with Gasteiger partial charge in [-0.2, -0.15) is 0 Å². The quantitative estimate of drug-likeness (QED) is 0.247. The van der Waals surface area contributed by atoms with Crippen LogP contribution >= 0.6 is 0 Å². The van der Waals surface area contributed by atoms with Gasteiger partial charge in [0, 0.05) is 30.3 Å². The van der Waals surface area contributed by atoms with Crippen LogP contribution in [-0.2, 0) is 31.8 Å². The van der Waals surface area contributed by atoms with E-state index >= 15 is 0 Å². The lowest BCUT2D eigenvalue weighted by Gasteiger charge is -2.40. The third-order valence-corrected chi connectivity index (χ3v) is 8.44. The lowest BCUT2D eigenvalue weighted by Crippen LogP contribution is -2.45. The smallest absolute Gasteiger partial charge is 0.318 e. The molecule has 8 nitrogen and oxygen atoms in total. The minimum atomic E-state index is -0.901. The monoisotopic (exact) mass is 657 g/mol. The third kappa shape index (κ3) is 8.49. The molecule has 0 unspecified atom stereocenters. The Morgan fingerprint density at radius 3 is 2.50 bits per heavy atom. The molecule has 2 aromatic carbocycles. The van der Waals surface area contributed by atoms with Crippen molar-refractivity contribution in [2.75, 3.05) is 12.4 Å². The van der Waals surface area contributed by atoms with Crippen molar-refractivity contribution in [1.82, 2.24) is 10.3 Å². The fourth-order valence-electron chi connectivity index (χ4n) is 6.60. The number of amides is 2. The first-order chi connectivity index (χ1) is 22.6. The van der Waals surface area contributed by atoms with E-state index in [2.05, 4.69) is 30.6 Å². The number of ether oxygens (including phenoxy) is 3. The van der Waals surface area contributed by atoms with Crippen molar-refractivity contribution >= 4 is 23.8 Å². The Hall–Kier alpha value is -4.08. The standard InChI is InChI=1S/C39H48FN3O5/c1-23(2)35-32(19-17-28-21-29(47-39(6,7)46-28)22-33(44)48-38(3,4)5)34(24-12-14-26(40)15-13-24)31-11-9-10-25-20-27(42-37(45)41-8)16-18-30(25)36(31)43-35/h12-20,23,28-29H,9-11,21-22H2,1-8H3,(H2,41,42,45)/b19-17+/t28-,29-/m1/s1. The van der Waals surface area contributed by atoms with Crippen molar-refractivity contribution in [3.05, 3.63) is 76.7 Å². The molecule has 2 heterocycles. The van der Waals surface area contributed by atoms with E-state index in [1.807, 2.05) is 71.0 Å². The molecule has 2 aliphatic rings. The van der Waals surface area contributed by atoms with Gasteiger partial charge in [-0.05, 0) is 106 Å². The molecule has 5 rings (SSSR count). The topological polar surface area (TPSA) is 98.8 Å². The molecule has 256 valence electrons. The van der Waals surface area contributed by atoms with Gasteiger partial charge in [-0.1, -0.05) is 44.2 Å². The van der Waals surface area contributed by atoms with Crippen LogP contribution in [0.1, 0.15) is 96.0 Å². The number of nitrogens with one attached hydrogen (secondary N) is 2. The molecule has 3 aromatic rings. The number of anilines is 1. The van der Waals surface area contributed by atoms with Crippen LogP contribution in [0.3, 0.4) is 0 Å². The van der Waals surface area contributed by atoms with E-state index in [4.69, 9.17) is 19.2 Å². The number of rotatable bonds is 7. The van der Waals surface area contributed by atoms with Gasteiger partial charge < -0.3 is 24.8 Å². The number of carbonyl (C=O) groups is 2. The number of urea groups is 1. The summed E-state index contributed by atoms with van der Waals surface area (Å²) in [6.07, 6.45) is 6.52. The van der Waals surface area contributed by atoms with Crippen LogP contribution in [0.15, 0.2) is 48.5 Å². The van der Waals surface area contributed by atoms with Gasteiger partial charge in [0.15, 0.2) is 5.79 Å². The van der Waals surface area contributed by atoms with E-state index in [-0.39, 0.29) is 42.4 Å². The SMILES string of the molecule is CNC(=O)Nc1ccc2c(c1)CCCc1c-2nc(C(C)C)c(/C=C/[C@@H]2C[C@H](CC(=O)OC(C)(C)C)OC(C)(C)O2)c1-c1ccc(F)cc1. The minimum absolute atomic E-state index is 0.0713. The summed E-state index contributed by atoms with van der Waals surface area (Å²) in [6.45, 7) is 13.5. The number of carbonyl (C=O) groups excluding carboxylic acids is 2. The Morgan fingerprint density at radius 1 is 1.10 bits per heavy atom. The summed E-state index contributed by atoms with van der Waals surface area (Å²) >= 11 is 0. The van der Waals surface area contributed by atoms with Gasteiger partial charge in [0.2, 0.25) is 0 Å². The van der Waals surface area contributed by atoms with Gasteiger partial charge in [0.1, 0.15) is 11.4 Å². The molecule has 1 saturated heterocycles. The van der Waals surface area contributed by atoms with Crippen molar-refractivity contribution in [2.45, 2.75) is 110 Å². The summed E-state index contributed by atoms with van der Waals surface area (Å²) in [4.78, 5) is 30.1. The van der Waals surface area contributed by atoms with Crippen molar-refractivity contribution in [3.63, 3.8) is 0 Å². The number of esters is 1. The van der Waals surface area contributed by atoms with E-state index in [1.54, 1.807) is 7.05 Å². The molecule has 0 bridgehead atoms. The van der Waals surface area contributed by atoms with Gasteiger partial charge >= 0.3 is 12.0 Å². The molecular weight excluding hydrogens is 609 g/mol. The molecule has 1 aliphatic heterocycles. The number of aryl methyl sites for hydroxylation is 1. The van der Waals surface area contributed by atoms with E-state index in [1.165, 1.54) is 12.1 Å². The molecule has 0 saturated carbocycles. The zero-order chi connectivity index (χ0) is 34.8. The molecule has 0 radical (unpaired) electrons. The second kappa shape index (κ2) is 14.2. The number of fused-ring (bicyclic) bond motifs is 3. The van der Waals surface area contributed by atoms with Crippen LogP contribution in [0.4, 0.5) is 14.9 Å². The van der Waals surface area contributed by atoms with Gasteiger partial charge in [0.25, 0.3) is 0 Å². The van der Waals surface area contributed by atoms with Gasteiger partial charge in [-0.15, -0.1) is 0 Å². The van der Waals surface area contributed by atoms with Crippen molar-refractivity contribution in [2.24, 2.45) is 0 Å². The highest BCUT2D eigenvalue weighted by Crippen LogP contribution is 2.43. The maximum atomic E-state index is 14.2. The van der Waals surface area contributed by atoms with E-state index in [0.717, 1.165) is 69.7 Å². The molecule has 1 fully saturated rings. The van der Waals surface area contributed by atoms with E-state index in [9.17, 15) is 14.0 Å². The summed E-state index contributed by atoms with van der Waals surface area (Å²) in [5.41, 5.74) is 8.13. The summed E-state index contributed by atoms with van der Waals surface area (Å²) in [5, 5.41) is 5.49. The molecule has 1 aliphatic carbocycles. The van der Waals surface area contributed by atoms with Gasteiger partial charge in [-0.25, -0.2) is 9.18 Å². The zero-order valence-corrected chi connectivity index (χ0v) is 29.3. The molecule has 0 spiro atoms.